The summed E-state index contributed by atoms with van der Waals surface area (Å²) in [5, 5.41) is 2.93. The maximum atomic E-state index is 15.0. The average molecular weight is 874 g/mol. The second-order valence-corrected chi connectivity index (χ2v) is 21.0. The largest absolute Gasteiger partial charge is 0.496 e. The summed E-state index contributed by atoms with van der Waals surface area (Å²) in [6, 6.07) is 4.71. The SMILES string of the molecule is COc1ccc2c(O[C@@H]3C[C@H]4C(=O)C[C@]5(C(=O)NS(=O)(=O)C6CC6)C[C@H]5/C=C\CCCCC[C@H](CC(=O)N5CCCCC5)C(=O)N4C3)cc(-c3nc(C(C)C)cs3)nc2c1C. The van der Waals surface area contributed by atoms with E-state index in [9.17, 15) is 27.6 Å². The molecule has 2 aliphatic carbocycles. The molecule has 5 heterocycles. The van der Waals surface area contributed by atoms with Gasteiger partial charge in [-0.25, -0.2) is 18.4 Å². The number of Topliss-reactive ketones (excluding diaryl/α,β-unsaturated/α-hetero) is 1. The zero-order chi connectivity index (χ0) is 43.1. The van der Waals surface area contributed by atoms with Crippen LogP contribution in [0.25, 0.3) is 21.6 Å². The topological polar surface area (TPSA) is 165 Å². The minimum absolute atomic E-state index is 0.0357. The van der Waals surface area contributed by atoms with Gasteiger partial charge in [0.1, 0.15) is 28.3 Å². The van der Waals surface area contributed by atoms with Crippen LogP contribution in [-0.2, 0) is 29.2 Å². The first-order valence-corrected chi connectivity index (χ1v) is 24.6. The average Bonchev–Trinajstić information content (AvgIpc) is 4.12. The Bertz CT molecular complexity index is 2320. The number of aryl methyl sites for hydroxylation is 1. The number of methoxy groups -OCH3 is 1. The molecule has 0 bridgehead atoms. The Balaban J connectivity index is 1.14. The lowest BCUT2D eigenvalue weighted by atomic mass is 9.90. The molecule has 2 saturated heterocycles. The zero-order valence-electron chi connectivity index (χ0n) is 35.8. The number of allylic oxidation sites excluding steroid dienone is 2. The van der Waals surface area contributed by atoms with E-state index in [-0.39, 0.29) is 55.2 Å². The van der Waals surface area contributed by atoms with Gasteiger partial charge in [-0.3, -0.25) is 23.9 Å². The molecule has 8 rings (SSSR count). The van der Waals surface area contributed by atoms with Gasteiger partial charge in [0, 0.05) is 60.7 Å². The number of hydrogen-bond acceptors (Lipinski definition) is 11. The predicted octanol–water partition coefficient (Wildman–Crippen LogP) is 7.26. The molecule has 61 heavy (non-hydrogen) atoms. The van der Waals surface area contributed by atoms with Crippen LogP contribution < -0.4 is 14.2 Å². The van der Waals surface area contributed by atoms with E-state index < -0.39 is 44.7 Å². The van der Waals surface area contributed by atoms with Gasteiger partial charge in [0.25, 0.3) is 0 Å². The fourth-order valence-corrected chi connectivity index (χ4v) is 11.8. The molecule has 0 unspecified atom stereocenters. The van der Waals surface area contributed by atoms with Crippen molar-refractivity contribution in [1.82, 2.24) is 24.5 Å². The van der Waals surface area contributed by atoms with Crippen molar-refractivity contribution in [1.29, 1.82) is 0 Å². The monoisotopic (exact) mass is 873 g/mol. The van der Waals surface area contributed by atoms with Gasteiger partial charge >= 0.3 is 0 Å². The van der Waals surface area contributed by atoms with E-state index in [1.807, 2.05) is 47.6 Å². The molecule has 0 spiro atoms. The Kier molecular flexibility index (Phi) is 12.6. The summed E-state index contributed by atoms with van der Waals surface area (Å²) < 4.78 is 40.9. The van der Waals surface area contributed by atoms with Gasteiger partial charge in [0.05, 0.1) is 41.6 Å². The molecule has 5 aliphatic rings. The van der Waals surface area contributed by atoms with Crippen molar-refractivity contribution in [3.05, 3.63) is 47.0 Å². The van der Waals surface area contributed by atoms with Crippen molar-refractivity contribution in [2.75, 3.05) is 26.7 Å². The summed E-state index contributed by atoms with van der Waals surface area (Å²) in [6.45, 7) is 7.60. The summed E-state index contributed by atoms with van der Waals surface area (Å²) in [5.41, 5.74) is 1.88. The molecule has 2 saturated carbocycles. The number of fused-ring (bicyclic) bond motifs is 3. The molecule has 4 fully saturated rings. The molecule has 2 aromatic heterocycles. The van der Waals surface area contributed by atoms with Gasteiger partial charge in [-0.15, -0.1) is 11.3 Å². The van der Waals surface area contributed by atoms with Crippen LogP contribution >= 0.6 is 11.3 Å². The Labute approximate surface area is 363 Å². The second kappa shape index (κ2) is 17.8. The third kappa shape index (κ3) is 9.23. The maximum Gasteiger partial charge on any atom is 0.240 e. The zero-order valence-corrected chi connectivity index (χ0v) is 37.5. The van der Waals surface area contributed by atoms with E-state index >= 15 is 0 Å². The summed E-state index contributed by atoms with van der Waals surface area (Å²) in [4.78, 5) is 70.9. The molecule has 3 aliphatic heterocycles. The molecule has 1 aromatic carbocycles. The number of pyridine rings is 1. The molecular formula is C46H59N5O8S2. The summed E-state index contributed by atoms with van der Waals surface area (Å²) in [7, 11) is -2.24. The molecule has 13 nitrogen and oxygen atoms in total. The van der Waals surface area contributed by atoms with Crippen LogP contribution in [0.2, 0.25) is 0 Å². The van der Waals surface area contributed by atoms with Gasteiger partial charge < -0.3 is 19.3 Å². The van der Waals surface area contributed by atoms with Crippen LogP contribution in [0.1, 0.15) is 121 Å². The molecule has 3 amide bonds. The van der Waals surface area contributed by atoms with Gasteiger partial charge in [-0.05, 0) is 88.7 Å². The van der Waals surface area contributed by atoms with Crippen LogP contribution in [0.15, 0.2) is 35.7 Å². The molecule has 0 radical (unpaired) electrons. The number of ketones is 1. The third-order valence-corrected chi connectivity index (χ3v) is 16.2. The van der Waals surface area contributed by atoms with Gasteiger partial charge in [0.15, 0.2) is 5.78 Å². The van der Waals surface area contributed by atoms with Gasteiger partial charge in [-0.1, -0.05) is 38.8 Å². The fraction of sp³-hybridized carbons (Fsp3) is 0.609. The number of amides is 3. The Morgan fingerprint density at radius 1 is 1.02 bits per heavy atom. The molecule has 3 aromatic rings. The lowest BCUT2D eigenvalue weighted by Gasteiger charge is -2.31. The van der Waals surface area contributed by atoms with Crippen LogP contribution in [-0.4, -0.2) is 95.8 Å². The maximum absolute atomic E-state index is 15.0. The number of nitrogens with zero attached hydrogens (tertiary/aromatic N) is 4. The lowest BCUT2D eigenvalue weighted by Crippen LogP contribution is -2.47. The molecule has 328 valence electrons. The standard InChI is InChI=1S/C46H59N5O8S2/c1-28(2)36-27-60-43(48-36)35-23-40(34-17-18-39(58-4)29(3)42(34)47-35)59-32-22-37-38(52)25-46(45(55)49-61(56,57)33-15-16-33)24-31(46)14-10-7-5-6-9-13-30(44(54)51(37)26-32)21-41(53)50-19-11-8-12-20-50/h10,14,17-18,23,27-28,30-33,37H,5-9,11-13,15-16,19-22,24-26H2,1-4H3,(H,49,55)/b14-10-/t30-,31-,32-,37+,46-/m1/s1. The number of hydrogen-bond donors (Lipinski definition) is 1. The number of ether oxygens (including phenoxy) is 2. The smallest absolute Gasteiger partial charge is 0.240 e. The van der Waals surface area contributed by atoms with Crippen LogP contribution in [0.5, 0.6) is 11.5 Å². The number of piperidine rings is 1. The quantitative estimate of drug-likeness (QED) is 0.205. The highest BCUT2D eigenvalue weighted by Crippen LogP contribution is 2.57. The number of aromatic nitrogens is 2. The number of benzene rings is 1. The van der Waals surface area contributed by atoms with E-state index in [0.29, 0.717) is 61.5 Å². The highest BCUT2D eigenvalue weighted by atomic mass is 32.2. The van der Waals surface area contributed by atoms with Crippen molar-refractivity contribution in [3.63, 3.8) is 0 Å². The first-order valence-electron chi connectivity index (χ1n) is 22.2. The van der Waals surface area contributed by atoms with E-state index in [1.165, 1.54) is 11.3 Å². The van der Waals surface area contributed by atoms with E-state index in [4.69, 9.17) is 19.4 Å². The van der Waals surface area contributed by atoms with Crippen molar-refractivity contribution in [2.45, 2.75) is 134 Å². The Morgan fingerprint density at radius 3 is 2.51 bits per heavy atom. The molecular weight excluding hydrogens is 815 g/mol. The number of likely N-dealkylation sites (tertiary alicyclic amines) is 1. The number of thiazole rings is 1. The van der Waals surface area contributed by atoms with E-state index in [2.05, 4.69) is 18.6 Å². The highest BCUT2D eigenvalue weighted by molar-refractivity contribution is 7.90. The number of nitrogens with one attached hydrogen (secondary N) is 1. The molecule has 1 N–H and O–H groups in total. The van der Waals surface area contributed by atoms with Crippen molar-refractivity contribution in [2.24, 2.45) is 17.3 Å². The van der Waals surface area contributed by atoms with Crippen LogP contribution in [0.4, 0.5) is 0 Å². The number of rotatable bonds is 10. The molecule has 5 atom stereocenters. The minimum Gasteiger partial charge on any atom is -0.496 e. The third-order valence-electron chi connectivity index (χ3n) is 13.5. The van der Waals surface area contributed by atoms with Gasteiger partial charge in [0.2, 0.25) is 27.7 Å². The van der Waals surface area contributed by atoms with Crippen molar-refractivity contribution < 1.29 is 37.1 Å². The fourth-order valence-electron chi connectivity index (χ4n) is 9.46. The van der Waals surface area contributed by atoms with Crippen molar-refractivity contribution >= 4 is 55.8 Å². The lowest BCUT2D eigenvalue weighted by molar-refractivity contribution is -0.145. The first kappa shape index (κ1) is 43.3. The second-order valence-electron chi connectivity index (χ2n) is 18.2. The Morgan fingerprint density at radius 2 is 1.79 bits per heavy atom. The summed E-state index contributed by atoms with van der Waals surface area (Å²) in [6.07, 6.45) is 11.5. The van der Waals surface area contributed by atoms with Crippen LogP contribution in [0.3, 0.4) is 0 Å². The van der Waals surface area contributed by atoms with Crippen LogP contribution in [0, 0.1) is 24.2 Å². The predicted molar refractivity (Wildman–Crippen MR) is 234 cm³/mol. The number of carbonyl (C=O) groups excluding carboxylic acids is 4. The highest BCUT2D eigenvalue weighted by Gasteiger charge is 2.61. The minimum atomic E-state index is -3.85. The van der Waals surface area contributed by atoms with Gasteiger partial charge in [-0.2, -0.15) is 0 Å². The number of sulfonamides is 1. The van der Waals surface area contributed by atoms with E-state index in [1.54, 1.807) is 12.0 Å². The van der Waals surface area contributed by atoms with E-state index in [0.717, 1.165) is 66.6 Å². The normalized spacial score (nSPS) is 26.9. The summed E-state index contributed by atoms with van der Waals surface area (Å²) >= 11 is 1.51. The number of carbonyl (C=O) groups is 4. The first-order chi connectivity index (χ1) is 29.3. The Hall–Kier alpha value is -4.37. The summed E-state index contributed by atoms with van der Waals surface area (Å²) in [5.74, 6) is -0.730. The molecule has 15 heteroatoms. The van der Waals surface area contributed by atoms with Crippen molar-refractivity contribution in [3.8, 4) is 22.2 Å².